The van der Waals surface area contributed by atoms with Crippen molar-refractivity contribution in [3.63, 3.8) is 0 Å². The first-order chi connectivity index (χ1) is 10.7. The zero-order chi connectivity index (χ0) is 15.9. The van der Waals surface area contributed by atoms with Gasteiger partial charge in [-0.2, -0.15) is 5.26 Å². The summed E-state index contributed by atoms with van der Waals surface area (Å²) in [6.07, 6.45) is 1.59. The van der Waals surface area contributed by atoms with Crippen molar-refractivity contribution in [1.82, 2.24) is 14.5 Å². The topological polar surface area (TPSA) is 69.9 Å². The maximum atomic E-state index is 12.7. The molecule has 0 unspecified atom stereocenters. The van der Waals surface area contributed by atoms with Gasteiger partial charge in [-0.25, -0.2) is 0 Å². The van der Waals surface area contributed by atoms with Crippen molar-refractivity contribution >= 4 is 17.4 Å². The zero-order valence-electron chi connectivity index (χ0n) is 12.7. The van der Waals surface area contributed by atoms with Gasteiger partial charge < -0.3 is 4.90 Å². The SMILES string of the molecule is CCCN(Cc1ccc(C#N)cc1)C(=O)c1snnc1CC. The molecule has 0 atom stereocenters. The maximum absolute atomic E-state index is 12.7. The summed E-state index contributed by atoms with van der Waals surface area (Å²) in [7, 11) is 0. The molecule has 114 valence electrons. The van der Waals surface area contributed by atoms with Crippen LogP contribution in [-0.2, 0) is 13.0 Å². The second-order valence-electron chi connectivity index (χ2n) is 4.94. The largest absolute Gasteiger partial charge is 0.334 e. The monoisotopic (exact) mass is 314 g/mol. The molecular formula is C16H18N4OS. The molecule has 5 nitrogen and oxygen atoms in total. The molecule has 6 heteroatoms. The molecule has 0 aliphatic carbocycles. The number of hydrogen-bond donors (Lipinski definition) is 0. The predicted octanol–water partition coefficient (Wildman–Crippen LogP) is 3.02. The number of aryl methyl sites for hydroxylation is 1. The molecule has 0 N–H and O–H groups in total. The number of carbonyl (C=O) groups is 1. The molecule has 0 fully saturated rings. The van der Waals surface area contributed by atoms with E-state index in [1.165, 1.54) is 0 Å². The van der Waals surface area contributed by atoms with E-state index >= 15 is 0 Å². The Morgan fingerprint density at radius 1 is 1.32 bits per heavy atom. The minimum Gasteiger partial charge on any atom is -0.334 e. The highest BCUT2D eigenvalue weighted by Crippen LogP contribution is 2.17. The van der Waals surface area contributed by atoms with Crippen LogP contribution in [0.15, 0.2) is 24.3 Å². The Balaban J connectivity index is 2.18. The first-order valence-corrected chi connectivity index (χ1v) is 8.06. The molecule has 0 aliphatic heterocycles. The van der Waals surface area contributed by atoms with Crippen molar-refractivity contribution in [3.05, 3.63) is 46.0 Å². The Labute approximate surface area is 134 Å². The van der Waals surface area contributed by atoms with Crippen molar-refractivity contribution in [2.75, 3.05) is 6.54 Å². The summed E-state index contributed by atoms with van der Waals surface area (Å²) >= 11 is 1.16. The standard InChI is InChI=1S/C16H18N4OS/c1-3-9-20(11-13-7-5-12(10-17)6-8-13)16(21)15-14(4-2)18-19-22-15/h5-8H,3-4,9,11H2,1-2H3. The number of rotatable bonds is 6. The van der Waals surface area contributed by atoms with Gasteiger partial charge in [0.1, 0.15) is 4.88 Å². The smallest absolute Gasteiger partial charge is 0.267 e. The fourth-order valence-electron chi connectivity index (χ4n) is 2.17. The van der Waals surface area contributed by atoms with Crippen LogP contribution in [0.4, 0.5) is 0 Å². The van der Waals surface area contributed by atoms with Crippen LogP contribution in [0.25, 0.3) is 0 Å². The average molecular weight is 314 g/mol. The molecular weight excluding hydrogens is 296 g/mol. The summed E-state index contributed by atoms with van der Waals surface area (Å²) in [5.74, 6) is -0.0157. The van der Waals surface area contributed by atoms with Crippen molar-refractivity contribution in [2.24, 2.45) is 0 Å². The molecule has 2 aromatic rings. The summed E-state index contributed by atoms with van der Waals surface area (Å²) in [4.78, 5) is 15.2. The highest BCUT2D eigenvalue weighted by Gasteiger charge is 2.21. The molecule has 1 amide bonds. The van der Waals surface area contributed by atoms with Gasteiger partial charge in [0.05, 0.1) is 17.3 Å². The van der Waals surface area contributed by atoms with Crippen molar-refractivity contribution in [1.29, 1.82) is 5.26 Å². The first-order valence-electron chi connectivity index (χ1n) is 7.29. The van der Waals surface area contributed by atoms with Gasteiger partial charge >= 0.3 is 0 Å². The summed E-state index contributed by atoms with van der Waals surface area (Å²) in [5, 5.41) is 12.9. The molecule has 1 aromatic carbocycles. The quantitative estimate of drug-likeness (QED) is 0.821. The van der Waals surface area contributed by atoms with Gasteiger partial charge in [0, 0.05) is 13.1 Å². The van der Waals surface area contributed by atoms with Gasteiger partial charge in [-0.05, 0) is 42.1 Å². The van der Waals surface area contributed by atoms with E-state index in [4.69, 9.17) is 5.26 Å². The van der Waals surface area contributed by atoms with E-state index in [1.807, 2.05) is 30.9 Å². The van der Waals surface area contributed by atoms with Crippen molar-refractivity contribution in [3.8, 4) is 6.07 Å². The summed E-state index contributed by atoms with van der Waals surface area (Å²) in [5.41, 5.74) is 2.39. The maximum Gasteiger partial charge on any atom is 0.267 e. The van der Waals surface area contributed by atoms with E-state index in [-0.39, 0.29) is 5.91 Å². The van der Waals surface area contributed by atoms with Crippen LogP contribution in [0.3, 0.4) is 0 Å². The number of hydrogen-bond acceptors (Lipinski definition) is 5. The normalized spacial score (nSPS) is 10.2. The number of aromatic nitrogens is 2. The van der Waals surface area contributed by atoms with E-state index in [2.05, 4.69) is 15.7 Å². The number of nitrogens with zero attached hydrogens (tertiary/aromatic N) is 4. The van der Waals surface area contributed by atoms with E-state index in [1.54, 1.807) is 12.1 Å². The van der Waals surface area contributed by atoms with Gasteiger partial charge in [-0.1, -0.05) is 30.5 Å². The Hall–Kier alpha value is -2.26. The molecule has 0 spiro atoms. The van der Waals surface area contributed by atoms with Crippen LogP contribution in [-0.4, -0.2) is 26.9 Å². The molecule has 0 saturated carbocycles. The van der Waals surface area contributed by atoms with Crippen molar-refractivity contribution < 1.29 is 4.79 Å². The summed E-state index contributed by atoms with van der Waals surface area (Å²) in [6.45, 7) is 5.22. The third kappa shape index (κ3) is 3.68. The number of amides is 1. The van der Waals surface area contributed by atoms with E-state index in [0.29, 0.717) is 30.0 Å². The molecule has 22 heavy (non-hydrogen) atoms. The molecule has 0 saturated heterocycles. The minimum absolute atomic E-state index is 0.0157. The van der Waals surface area contributed by atoms with Gasteiger partial charge in [0.15, 0.2) is 0 Å². The van der Waals surface area contributed by atoms with Gasteiger partial charge in [-0.15, -0.1) is 5.10 Å². The molecule has 0 radical (unpaired) electrons. The molecule has 0 bridgehead atoms. The Morgan fingerprint density at radius 2 is 2.05 bits per heavy atom. The zero-order valence-corrected chi connectivity index (χ0v) is 13.6. The van der Waals surface area contributed by atoms with Crippen LogP contribution in [0.5, 0.6) is 0 Å². The van der Waals surface area contributed by atoms with Crippen molar-refractivity contribution in [2.45, 2.75) is 33.2 Å². The fraction of sp³-hybridized carbons (Fsp3) is 0.375. The lowest BCUT2D eigenvalue weighted by atomic mass is 10.1. The van der Waals surface area contributed by atoms with E-state index < -0.39 is 0 Å². The van der Waals surface area contributed by atoms with E-state index in [9.17, 15) is 4.79 Å². The third-order valence-corrected chi connectivity index (χ3v) is 4.08. The molecule has 0 aliphatic rings. The highest BCUT2D eigenvalue weighted by atomic mass is 32.1. The highest BCUT2D eigenvalue weighted by molar-refractivity contribution is 7.07. The Bertz CT molecular complexity index is 672. The molecule has 1 aromatic heterocycles. The number of nitriles is 1. The average Bonchev–Trinajstić information content (AvgIpc) is 3.03. The number of carbonyl (C=O) groups excluding carboxylic acids is 1. The second kappa shape index (κ2) is 7.66. The van der Waals surface area contributed by atoms with Gasteiger partial charge in [0.2, 0.25) is 0 Å². The number of benzene rings is 1. The van der Waals surface area contributed by atoms with Crippen LogP contribution in [0.1, 0.15) is 46.8 Å². The minimum atomic E-state index is -0.0157. The lowest BCUT2D eigenvalue weighted by Gasteiger charge is -2.21. The van der Waals surface area contributed by atoms with Crippen LogP contribution < -0.4 is 0 Å². The third-order valence-electron chi connectivity index (χ3n) is 3.32. The first kappa shape index (κ1) is 16.1. The lowest BCUT2D eigenvalue weighted by molar-refractivity contribution is 0.0747. The summed E-state index contributed by atoms with van der Waals surface area (Å²) < 4.78 is 3.89. The fourth-order valence-corrected chi connectivity index (χ4v) is 2.89. The van der Waals surface area contributed by atoms with Crippen LogP contribution in [0, 0.1) is 11.3 Å². The van der Waals surface area contributed by atoms with Crippen LogP contribution >= 0.6 is 11.5 Å². The Kier molecular flexibility index (Phi) is 5.61. The molecule has 1 heterocycles. The van der Waals surface area contributed by atoms with Gasteiger partial charge in [-0.3, -0.25) is 4.79 Å². The van der Waals surface area contributed by atoms with E-state index in [0.717, 1.165) is 29.2 Å². The Morgan fingerprint density at radius 3 is 2.64 bits per heavy atom. The van der Waals surface area contributed by atoms with Crippen LogP contribution in [0.2, 0.25) is 0 Å². The second-order valence-corrected chi connectivity index (χ2v) is 5.69. The lowest BCUT2D eigenvalue weighted by Crippen LogP contribution is -2.31. The molecule has 2 rings (SSSR count). The summed E-state index contributed by atoms with van der Waals surface area (Å²) in [6, 6.07) is 9.42. The van der Waals surface area contributed by atoms with Gasteiger partial charge in [0.25, 0.3) is 5.91 Å². The predicted molar refractivity (Wildman–Crippen MR) is 85.5 cm³/mol.